The number of benzene rings is 1. The van der Waals surface area contributed by atoms with Crippen LogP contribution < -0.4 is 5.73 Å². The lowest BCUT2D eigenvalue weighted by atomic mass is 9.87. The highest BCUT2D eigenvalue weighted by molar-refractivity contribution is 5.25. The van der Waals surface area contributed by atoms with E-state index in [-0.39, 0.29) is 11.1 Å². The summed E-state index contributed by atoms with van der Waals surface area (Å²) in [5.74, 6) is -0.879. The van der Waals surface area contributed by atoms with Crippen molar-refractivity contribution in [1.82, 2.24) is 4.90 Å². The van der Waals surface area contributed by atoms with Gasteiger partial charge in [-0.15, -0.1) is 0 Å². The Morgan fingerprint density at radius 2 is 1.83 bits per heavy atom. The molecule has 1 saturated heterocycles. The lowest BCUT2D eigenvalue weighted by molar-refractivity contribution is 0.122. The molecule has 0 bridgehead atoms. The number of likely N-dealkylation sites (tertiary alicyclic amines) is 1. The number of rotatable bonds is 3. The van der Waals surface area contributed by atoms with E-state index in [4.69, 9.17) is 5.73 Å². The van der Waals surface area contributed by atoms with Crippen LogP contribution in [0.1, 0.15) is 38.3 Å². The van der Waals surface area contributed by atoms with Crippen molar-refractivity contribution >= 4 is 0 Å². The number of hydrogen-bond donors (Lipinski definition) is 1. The van der Waals surface area contributed by atoms with E-state index in [0.29, 0.717) is 0 Å². The van der Waals surface area contributed by atoms with Gasteiger partial charge in [0.1, 0.15) is 11.6 Å². The average molecular weight is 254 g/mol. The van der Waals surface area contributed by atoms with E-state index in [1.54, 1.807) is 0 Å². The molecule has 1 aliphatic heterocycles. The summed E-state index contributed by atoms with van der Waals surface area (Å²) in [5.41, 5.74) is 6.06. The molecule has 0 aromatic heterocycles. The molecule has 2 nitrogen and oxygen atoms in total. The SMILES string of the molecule is CC(C)(C(N)c1cc(F)ccc1F)N1CCCC1. The van der Waals surface area contributed by atoms with E-state index in [9.17, 15) is 8.78 Å². The summed E-state index contributed by atoms with van der Waals surface area (Å²) in [4.78, 5) is 2.25. The highest BCUT2D eigenvalue weighted by Gasteiger charge is 2.36. The molecule has 4 heteroatoms. The predicted octanol–water partition coefficient (Wildman–Crippen LogP) is 2.84. The Hall–Kier alpha value is -1.00. The molecule has 1 unspecified atom stereocenters. The van der Waals surface area contributed by atoms with E-state index in [0.717, 1.165) is 38.1 Å². The van der Waals surface area contributed by atoms with Crippen molar-refractivity contribution in [3.63, 3.8) is 0 Å². The Labute approximate surface area is 107 Å². The van der Waals surface area contributed by atoms with Crippen LogP contribution in [-0.4, -0.2) is 23.5 Å². The minimum atomic E-state index is -0.536. The van der Waals surface area contributed by atoms with Crippen LogP contribution in [0.2, 0.25) is 0 Å². The number of nitrogens with zero attached hydrogens (tertiary/aromatic N) is 1. The smallest absolute Gasteiger partial charge is 0.128 e. The zero-order valence-electron chi connectivity index (χ0n) is 10.9. The molecule has 1 aliphatic rings. The van der Waals surface area contributed by atoms with Gasteiger partial charge in [0.15, 0.2) is 0 Å². The standard InChI is InChI=1S/C14H20F2N2/c1-14(2,18-7-3-4-8-18)13(17)11-9-10(15)5-6-12(11)16/h5-6,9,13H,3-4,7-8,17H2,1-2H3. The van der Waals surface area contributed by atoms with Crippen LogP contribution in [0.5, 0.6) is 0 Å². The van der Waals surface area contributed by atoms with Crippen LogP contribution in [0.25, 0.3) is 0 Å². The molecule has 2 N–H and O–H groups in total. The van der Waals surface area contributed by atoms with Gasteiger partial charge in [-0.25, -0.2) is 8.78 Å². The molecule has 1 atom stereocenters. The molecule has 1 aromatic rings. The fourth-order valence-electron chi connectivity index (χ4n) is 2.62. The van der Waals surface area contributed by atoms with Crippen LogP contribution in [-0.2, 0) is 0 Å². The topological polar surface area (TPSA) is 29.3 Å². The van der Waals surface area contributed by atoms with Crippen LogP contribution in [0.15, 0.2) is 18.2 Å². The summed E-state index contributed by atoms with van der Waals surface area (Å²) >= 11 is 0. The van der Waals surface area contributed by atoms with Gasteiger partial charge in [0.25, 0.3) is 0 Å². The predicted molar refractivity (Wildman–Crippen MR) is 68.2 cm³/mol. The zero-order chi connectivity index (χ0) is 13.3. The van der Waals surface area contributed by atoms with Crippen molar-refractivity contribution in [3.05, 3.63) is 35.4 Å². The van der Waals surface area contributed by atoms with Gasteiger partial charge in [-0.1, -0.05) is 0 Å². The first-order chi connectivity index (χ1) is 8.43. The largest absolute Gasteiger partial charge is 0.322 e. The second kappa shape index (κ2) is 4.94. The Bertz CT molecular complexity index is 426. The van der Waals surface area contributed by atoms with Crippen LogP contribution in [0.3, 0.4) is 0 Å². The van der Waals surface area contributed by atoms with Gasteiger partial charge >= 0.3 is 0 Å². The number of hydrogen-bond acceptors (Lipinski definition) is 2. The minimum absolute atomic E-state index is 0.256. The maximum absolute atomic E-state index is 13.8. The third kappa shape index (κ3) is 2.40. The molecule has 0 amide bonds. The highest BCUT2D eigenvalue weighted by atomic mass is 19.1. The van der Waals surface area contributed by atoms with Crippen molar-refractivity contribution in [1.29, 1.82) is 0 Å². The van der Waals surface area contributed by atoms with E-state index >= 15 is 0 Å². The summed E-state index contributed by atoms with van der Waals surface area (Å²) in [6.07, 6.45) is 2.28. The maximum Gasteiger partial charge on any atom is 0.128 e. The van der Waals surface area contributed by atoms with Crippen molar-refractivity contribution in [2.24, 2.45) is 5.73 Å². The second-order valence-corrected chi connectivity index (χ2v) is 5.49. The molecule has 1 fully saturated rings. The summed E-state index contributed by atoms with van der Waals surface area (Å²) in [6, 6.07) is 2.93. The van der Waals surface area contributed by atoms with Gasteiger partial charge < -0.3 is 5.73 Å². The summed E-state index contributed by atoms with van der Waals surface area (Å²) < 4.78 is 27.0. The van der Waals surface area contributed by atoms with Gasteiger partial charge in [-0.2, -0.15) is 0 Å². The van der Waals surface area contributed by atoms with Crippen molar-refractivity contribution < 1.29 is 8.78 Å². The summed E-state index contributed by atoms with van der Waals surface area (Å²) in [7, 11) is 0. The van der Waals surface area contributed by atoms with Gasteiger partial charge in [0, 0.05) is 11.1 Å². The molecule has 1 aromatic carbocycles. The Morgan fingerprint density at radius 3 is 2.44 bits per heavy atom. The molecular weight excluding hydrogens is 234 g/mol. The molecule has 1 heterocycles. The number of halogens is 2. The fourth-order valence-corrected chi connectivity index (χ4v) is 2.62. The monoisotopic (exact) mass is 254 g/mol. The molecule has 0 saturated carbocycles. The van der Waals surface area contributed by atoms with Gasteiger partial charge in [0.05, 0.1) is 6.04 Å². The van der Waals surface area contributed by atoms with Gasteiger partial charge in [-0.05, 0) is 58.0 Å². The first kappa shape index (κ1) is 13.4. The van der Waals surface area contributed by atoms with E-state index < -0.39 is 17.7 Å². The maximum atomic E-state index is 13.8. The molecular formula is C14H20F2N2. The second-order valence-electron chi connectivity index (χ2n) is 5.49. The van der Waals surface area contributed by atoms with Crippen molar-refractivity contribution in [2.75, 3.05) is 13.1 Å². The molecule has 18 heavy (non-hydrogen) atoms. The first-order valence-electron chi connectivity index (χ1n) is 6.38. The third-order valence-electron chi connectivity index (χ3n) is 3.98. The van der Waals surface area contributed by atoms with E-state index in [2.05, 4.69) is 4.90 Å². The fraction of sp³-hybridized carbons (Fsp3) is 0.571. The first-order valence-corrected chi connectivity index (χ1v) is 6.38. The molecule has 0 aliphatic carbocycles. The number of nitrogens with two attached hydrogens (primary N) is 1. The summed E-state index contributed by atoms with van der Waals surface area (Å²) in [5, 5.41) is 0. The van der Waals surface area contributed by atoms with Gasteiger partial charge in [0.2, 0.25) is 0 Å². The Kier molecular flexibility index (Phi) is 3.69. The van der Waals surface area contributed by atoms with Crippen molar-refractivity contribution in [3.8, 4) is 0 Å². The summed E-state index contributed by atoms with van der Waals surface area (Å²) in [6.45, 7) is 5.93. The zero-order valence-corrected chi connectivity index (χ0v) is 10.9. The van der Waals surface area contributed by atoms with Gasteiger partial charge in [-0.3, -0.25) is 4.90 Å². The Balaban J connectivity index is 2.28. The van der Waals surface area contributed by atoms with Crippen LogP contribution in [0.4, 0.5) is 8.78 Å². The molecule has 0 spiro atoms. The van der Waals surface area contributed by atoms with E-state index in [1.807, 2.05) is 13.8 Å². The highest BCUT2D eigenvalue weighted by Crippen LogP contribution is 2.33. The Morgan fingerprint density at radius 1 is 1.22 bits per heavy atom. The van der Waals surface area contributed by atoms with Crippen LogP contribution in [0, 0.1) is 11.6 Å². The molecule has 100 valence electrons. The average Bonchev–Trinajstić information content (AvgIpc) is 2.85. The van der Waals surface area contributed by atoms with E-state index in [1.165, 1.54) is 6.07 Å². The quantitative estimate of drug-likeness (QED) is 0.898. The van der Waals surface area contributed by atoms with Crippen LogP contribution >= 0.6 is 0 Å². The molecule has 0 radical (unpaired) electrons. The molecule has 2 rings (SSSR count). The normalized spacial score (nSPS) is 19.2. The minimum Gasteiger partial charge on any atom is -0.322 e. The third-order valence-corrected chi connectivity index (χ3v) is 3.98. The van der Waals surface area contributed by atoms with Crippen molar-refractivity contribution in [2.45, 2.75) is 38.3 Å². The lowest BCUT2D eigenvalue weighted by Gasteiger charge is -2.40. The lowest BCUT2D eigenvalue weighted by Crippen LogP contribution is -2.50.